The Morgan fingerprint density at radius 1 is 1.26 bits per heavy atom. The summed E-state index contributed by atoms with van der Waals surface area (Å²) >= 11 is 0. The quantitative estimate of drug-likeness (QED) is 0.838. The van der Waals surface area contributed by atoms with Gasteiger partial charge >= 0.3 is 0 Å². The van der Waals surface area contributed by atoms with Crippen LogP contribution in [-0.4, -0.2) is 12.3 Å². The van der Waals surface area contributed by atoms with Gasteiger partial charge < -0.3 is 5.32 Å². The maximum absolute atomic E-state index is 14.0. The number of nitrogens with one attached hydrogen (secondary N) is 1. The molecule has 3 nitrogen and oxygen atoms in total. The third kappa shape index (κ3) is 3.75. The minimum atomic E-state index is -0.468. The predicted molar refractivity (Wildman–Crippen MR) is 89.1 cm³/mol. The predicted octanol–water partition coefficient (Wildman–Crippen LogP) is 4.29. The van der Waals surface area contributed by atoms with Crippen LogP contribution in [-0.2, 0) is 5.41 Å². The monoisotopic (exact) mass is 310 g/mol. The Kier molecular flexibility index (Phi) is 4.80. The molecule has 0 aromatic heterocycles. The van der Waals surface area contributed by atoms with Crippen LogP contribution in [0.4, 0.5) is 10.1 Å². The smallest absolute Gasteiger partial charge is 0.159 e. The average Bonchev–Trinajstić information content (AvgIpc) is 2.52. The highest BCUT2D eigenvalue weighted by atomic mass is 19.1. The average molecular weight is 310 g/mol. The van der Waals surface area contributed by atoms with Crippen LogP contribution < -0.4 is 5.32 Å². The second kappa shape index (κ2) is 6.62. The van der Waals surface area contributed by atoms with E-state index in [0.717, 1.165) is 0 Å². The zero-order chi connectivity index (χ0) is 17.0. The van der Waals surface area contributed by atoms with E-state index in [1.165, 1.54) is 13.0 Å². The normalized spacial score (nSPS) is 10.9. The molecule has 0 bridgehead atoms. The zero-order valence-corrected chi connectivity index (χ0v) is 13.5. The summed E-state index contributed by atoms with van der Waals surface area (Å²) in [4.78, 5) is 11.5. The van der Waals surface area contributed by atoms with Gasteiger partial charge in [0.2, 0.25) is 0 Å². The molecule has 1 N–H and O–H groups in total. The summed E-state index contributed by atoms with van der Waals surface area (Å²) in [6.07, 6.45) is 0. The number of rotatable bonds is 5. The largest absolute Gasteiger partial charge is 0.383 e. The molecule has 0 aliphatic heterocycles. The number of hydrogen-bond donors (Lipinski definition) is 1. The van der Waals surface area contributed by atoms with Gasteiger partial charge in [-0.15, -0.1) is 0 Å². The van der Waals surface area contributed by atoms with Crippen LogP contribution >= 0.6 is 0 Å². The van der Waals surface area contributed by atoms with Crippen LogP contribution in [0.25, 0.3) is 0 Å². The number of halogens is 1. The molecule has 0 heterocycles. The van der Waals surface area contributed by atoms with Crippen molar-refractivity contribution in [3.63, 3.8) is 0 Å². The number of nitriles is 1. The van der Waals surface area contributed by atoms with E-state index >= 15 is 0 Å². The fourth-order valence-electron chi connectivity index (χ4n) is 2.43. The minimum Gasteiger partial charge on any atom is -0.383 e. The van der Waals surface area contributed by atoms with Crippen molar-refractivity contribution in [2.45, 2.75) is 26.2 Å². The first kappa shape index (κ1) is 16.7. The molecule has 2 aromatic rings. The van der Waals surface area contributed by atoms with Crippen molar-refractivity contribution >= 4 is 11.5 Å². The Hall–Kier alpha value is -2.67. The number of carbonyl (C=O) groups is 1. The van der Waals surface area contributed by atoms with Crippen LogP contribution in [0.2, 0.25) is 0 Å². The molecule has 0 aliphatic rings. The Morgan fingerprint density at radius 2 is 1.96 bits per heavy atom. The first-order valence-electron chi connectivity index (χ1n) is 7.39. The van der Waals surface area contributed by atoms with Gasteiger partial charge in [0.25, 0.3) is 0 Å². The number of Topliss-reactive ketones (excluding diaryl/α,β-unsaturated/α-hetero) is 1. The third-order valence-corrected chi connectivity index (χ3v) is 3.87. The van der Waals surface area contributed by atoms with Gasteiger partial charge in [-0.05, 0) is 36.8 Å². The van der Waals surface area contributed by atoms with Crippen LogP contribution in [0.15, 0.2) is 42.5 Å². The van der Waals surface area contributed by atoms with Crippen molar-refractivity contribution in [1.82, 2.24) is 0 Å². The van der Waals surface area contributed by atoms with Crippen LogP contribution in [0, 0.1) is 17.1 Å². The van der Waals surface area contributed by atoms with Crippen molar-refractivity contribution in [2.75, 3.05) is 11.9 Å². The topological polar surface area (TPSA) is 52.9 Å². The molecule has 0 amide bonds. The molecule has 118 valence electrons. The van der Waals surface area contributed by atoms with E-state index in [9.17, 15) is 14.4 Å². The van der Waals surface area contributed by atoms with Gasteiger partial charge in [-0.3, -0.25) is 4.79 Å². The van der Waals surface area contributed by atoms with E-state index in [4.69, 9.17) is 0 Å². The highest BCUT2D eigenvalue weighted by Crippen LogP contribution is 2.27. The second-order valence-corrected chi connectivity index (χ2v) is 6.15. The second-order valence-electron chi connectivity index (χ2n) is 6.15. The molecule has 2 aromatic carbocycles. The highest BCUT2D eigenvalue weighted by molar-refractivity contribution is 5.95. The van der Waals surface area contributed by atoms with Crippen molar-refractivity contribution in [3.8, 4) is 6.07 Å². The van der Waals surface area contributed by atoms with Gasteiger partial charge in [0.15, 0.2) is 5.78 Å². The maximum Gasteiger partial charge on any atom is 0.159 e. The summed E-state index contributed by atoms with van der Waals surface area (Å²) in [5.74, 6) is -0.316. The highest BCUT2D eigenvalue weighted by Gasteiger charge is 2.24. The third-order valence-electron chi connectivity index (χ3n) is 3.87. The molecule has 2 rings (SSSR count). The summed E-state index contributed by atoms with van der Waals surface area (Å²) in [6.45, 7) is 5.77. The molecular weight excluding hydrogens is 291 g/mol. The van der Waals surface area contributed by atoms with Crippen molar-refractivity contribution in [2.24, 2.45) is 0 Å². The summed E-state index contributed by atoms with van der Waals surface area (Å²) in [7, 11) is 0. The van der Waals surface area contributed by atoms with Crippen molar-refractivity contribution < 1.29 is 9.18 Å². The van der Waals surface area contributed by atoms with Crippen molar-refractivity contribution in [3.05, 3.63) is 65.0 Å². The number of ketones is 1. The lowest BCUT2D eigenvalue weighted by Gasteiger charge is -2.27. The van der Waals surface area contributed by atoms with E-state index in [1.807, 2.05) is 13.8 Å². The summed E-state index contributed by atoms with van der Waals surface area (Å²) < 4.78 is 14.0. The number of carbonyl (C=O) groups excluding carboxylic acids is 1. The Bertz CT molecular complexity index is 775. The van der Waals surface area contributed by atoms with Gasteiger partial charge in [0, 0.05) is 17.5 Å². The Balaban J connectivity index is 2.26. The lowest BCUT2D eigenvalue weighted by molar-refractivity contribution is 0.101. The fraction of sp³-hybridized carbons (Fsp3) is 0.263. The van der Waals surface area contributed by atoms with E-state index < -0.39 is 5.41 Å². The first-order valence-corrected chi connectivity index (χ1v) is 7.39. The minimum absolute atomic E-state index is 0.0640. The summed E-state index contributed by atoms with van der Waals surface area (Å²) in [5.41, 5.74) is 1.72. The number of anilines is 1. The fourth-order valence-corrected chi connectivity index (χ4v) is 2.43. The lowest BCUT2D eigenvalue weighted by Crippen LogP contribution is -2.29. The standard InChI is InChI=1S/C19H19FN2O/c1-13(23)14-8-9-15(11-21)18(10-14)22-12-19(2,3)16-6-4-5-7-17(16)20/h4-10,22H,12H2,1-3H3. The SMILES string of the molecule is CC(=O)c1ccc(C#N)c(NCC(C)(C)c2ccccc2F)c1. The molecule has 0 saturated carbocycles. The maximum atomic E-state index is 14.0. The lowest BCUT2D eigenvalue weighted by atomic mass is 9.84. The zero-order valence-electron chi connectivity index (χ0n) is 13.5. The molecule has 4 heteroatoms. The van der Waals surface area contributed by atoms with Gasteiger partial charge in [0.05, 0.1) is 11.3 Å². The Labute approximate surface area is 135 Å². The van der Waals surface area contributed by atoms with E-state index in [2.05, 4.69) is 11.4 Å². The molecule has 23 heavy (non-hydrogen) atoms. The van der Waals surface area contributed by atoms with Crippen LogP contribution in [0.1, 0.15) is 42.3 Å². The molecular formula is C19H19FN2O. The number of nitrogens with zero attached hydrogens (tertiary/aromatic N) is 1. The van der Waals surface area contributed by atoms with Gasteiger partial charge in [-0.25, -0.2) is 4.39 Å². The summed E-state index contributed by atoms with van der Waals surface area (Å²) in [6, 6.07) is 13.7. The van der Waals surface area contributed by atoms with Gasteiger partial charge in [-0.2, -0.15) is 5.26 Å². The number of hydrogen-bond acceptors (Lipinski definition) is 3. The molecule has 0 radical (unpaired) electrons. The molecule has 0 atom stereocenters. The Morgan fingerprint density at radius 3 is 2.57 bits per heavy atom. The molecule has 0 spiro atoms. The van der Waals surface area contributed by atoms with Crippen molar-refractivity contribution in [1.29, 1.82) is 5.26 Å². The molecule has 0 aliphatic carbocycles. The van der Waals surface area contributed by atoms with Crippen LogP contribution in [0.3, 0.4) is 0 Å². The summed E-state index contributed by atoms with van der Waals surface area (Å²) in [5, 5.41) is 12.4. The molecule has 0 saturated heterocycles. The van der Waals surface area contributed by atoms with E-state index in [-0.39, 0.29) is 11.6 Å². The van der Waals surface area contributed by atoms with Crippen LogP contribution in [0.5, 0.6) is 0 Å². The van der Waals surface area contributed by atoms with Gasteiger partial charge in [0.1, 0.15) is 11.9 Å². The number of benzene rings is 2. The first-order chi connectivity index (χ1) is 10.8. The molecule has 0 fully saturated rings. The molecule has 0 unspecified atom stereocenters. The van der Waals surface area contributed by atoms with Gasteiger partial charge in [-0.1, -0.05) is 32.0 Å². The van der Waals surface area contributed by atoms with E-state index in [0.29, 0.717) is 28.9 Å². The van der Waals surface area contributed by atoms with E-state index in [1.54, 1.807) is 36.4 Å².